The van der Waals surface area contributed by atoms with Crippen molar-refractivity contribution in [1.82, 2.24) is 5.32 Å². The normalized spacial score (nSPS) is 26.6. The molecule has 0 radical (unpaired) electrons. The van der Waals surface area contributed by atoms with E-state index in [1.54, 1.807) is 11.3 Å². The molecule has 1 unspecified atom stereocenters. The summed E-state index contributed by atoms with van der Waals surface area (Å²) >= 11 is 1.80. The molecule has 1 aliphatic heterocycles. The first-order valence-electron chi connectivity index (χ1n) is 7.75. The molecule has 0 aromatic carbocycles. The molecule has 1 N–H and O–H groups in total. The summed E-state index contributed by atoms with van der Waals surface area (Å²) in [5.41, 5.74) is 1.70. The van der Waals surface area contributed by atoms with Crippen LogP contribution >= 0.6 is 11.3 Å². The number of hydrogen-bond donors (Lipinski definition) is 1. The summed E-state index contributed by atoms with van der Waals surface area (Å²) in [5.74, 6) is 0. The number of ether oxygens (including phenoxy) is 1. The van der Waals surface area contributed by atoms with Gasteiger partial charge in [0.25, 0.3) is 0 Å². The van der Waals surface area contributed by atoms with Gasteiger partial charge in [-0.2, -0.15) is 11.3 Å². The van der Waals surface area contributed by atoms with E-state index in [0.717, 1.165) is 19.6 Å². The molecule has 1 aromatic heterocycles. The second kappa shape index (κ2) is 6.38. The maximum Gasteiger partial charge on any atom is 0.0697 e. The Balaban J connectivity index is 1.45. The molecule has 0 bridgehead atoms. The summed E-state index contributed by atoms with van der Waals surface area (Å²) in [6.45, 7) is 2.06. The van der Waals surface area contributed by atoms with Crippen LogP contribution in [0.25, 0.3) is 0 Å². The van der Waals surface area contributed by atoms with E-state index in [1.807, 2.05) is 0 Å². The van der Waals surface area contributed by atoms with Crippen molar-refractivity contribution in [3.63, 3.8) is 0 Å². The lowest BCUT2D eigenvalue weighted by molar-refractivity contribution is -0.109. The van der Waals surface area contributed by atoms with Crippen LogP contribution in [0.5, 0.6) is 0 Å². The maximum atomic E-state index is 6.15. The lowest BCUT2D eigenvalue weighted by Gasteiger charge is -2.43. The fourth-order valence-corrected chi connectivity index (χ4v) is 4.31. The molecule has 0 amide bonds. The smallest absolute Gasteiger partial charge is 0.0697 e. The summed E-state index contributed by atoms with van der Waals surface area (Å²) < 4.78 is 6.15. The first-order chi connectivity index (χ1) is 9.36. The predicted octanol–water partition coefficient (Wildman–Crippen LogP) is 3.76. The molecule has 2 aliphatic rings. The van der Waals surface area contributed by atoms with Crippen LogP contribution in [0, 0.1) is 0 Å². The summed E-state index contributed by atoms with van der Waals surface area (Å²) in [4.78, 5) is 0. The Labute approximate surface area is 120 Å². The molecule has 3 rings (SSSR count). The SMILES string of the molecule is c1cc(CCNC2CCOC3(CCCCC3)C2)cs1. The van der Waals surface area contributed by atoms with Crippen LogP contribution in [0.1, 0.15) is 50.5 Å². The highest BCUT2D eigenvalue weighted by Crippen LogP contribution is 2.38. The molecule has 2 fully saturated rings. The zero-order valence-corrected chi connectivity index (χ0v) is 12.5. The number of rotatable bonds is 4. The van der Waals surface area contributed by atoms with E-state index >= 15 is 0 Å². The Hall–Kier alpha value is -0.380. The van der Waals surface area contributed by atoms with Crippen LogP contribution in [-0.2, 0) is 11.2 Å². The first kappa shape index (κ1) is 13.6. The van der Waals surface area contributed by atoms with Gasteiger partial charge >= 0.3 is 0 Å². The molecule has 2 heterocycles. The van der Waals surface area contributed by atoms with E-state index in [9.17, 15) is 0 Å². The highest BCUT2D eigenvalue weighted by Gasteiger charge is 2.38. The average molecular weight is 279 g/mol. The molecule has 1 spiro atoms. The van der Waals surface area contributed by atoms with E-state index in [0.29, 0.717) is 6.04 Å². The fraction of sp³-hybridized carbons (Fsp3) is 0.750. The Morgan fingerprint density at radius 1 is 1.32 bits per heavy atom. The monoisotopic (exact) mass is 279 g/mol. The minimum absolute atomic E-state index is 0.233. The summed E-state index contributed by atoms with van der Waals surface area (Å²) in [7, 11) is 0. The van der Waals surface area contributed by atoms with Crippen molar-refractivity contribution < 1.29 is 4.74 Å². The van der Waals surface area contributed by atoms with Gasteiger partial charge in [0.15, 0.2) is 0 Å². The van der Waals surface area contributed by atoms with Crippen molar-refractivity contribution in [1.29, 1.82) is 0 Å². The van der Waals surface area contributed by atoms with Crippen LogP contribution in [-0.4, -0.2) is 24.8 Å². The molecule has 1 saturated carbocycles. The molecule has 1 aliphatic carbocycles. The van der Waals surface area contributed by atoms with Gasteiger partial charge in [-0.05, 0) is 61.0 Å². The van der Waals surface area contributed by atoms with E-state index in [4.69, 9.17) is 4.74 Å². The third-order valence-electron chi connectivity index (χ3n) is 4.68. The van der Waals surface area contributed by atoms with Crippen LogP contribution in [0.3, 0.4) is 0 Å². The van der Waals surface area contributed by atoms with Gasteiger partial charge in [-0.1, -0.05) is 19.3 Å². The quantitative estimate of drug-likeness (QED) is 0.906. The molecular weight excluding hydrogens is 254 g/mol. The molecule has 2 nitrogen and oxygen atoms in total. The molecule has 19 heavy (non-hydrogen) atoms. The standard InChI is InChI=1S/C16H25NOS/c1-2-7-16(8-3-1)12-15(5-10-18-16)17-9-4-14-6-11-19-13-14/h6,11,13,15,17H,1-5,7-10,12H2. The number of hydrogen-bond acceptors (Lipinski definition) is 3. The molecular formula is C16H25NOS. The molecule has 106 valence electrons. The Kier molecular flexibility index (Phi) is 4.57. The molecule has 3 heteroatoms. The Morgan fingerprint density at radius 3 is 3.00 bits per heavy atom. The third kappa shape index (κ3) is 3.59. The van der Waals surface area contributed by atoms with E-state index in [-0.39, 0.29) is 5.60 Å². The van der Waals surface area contributed by atoms with Crippen molar-refractivity contribution in [2.75, 3.05) is 13.2 Å². The van der Waals surface area contributed by atoms with Gasteiger partial charge in [0.05, 0.1) is 5.60 Å². The molecule has 1 saturated heterocycles. The summed E-state index contributed by atoms with van der Waals surface area (Å²) in [6.07, 6.45) is 10.3. The largest absolute Gasteiger partial charge is 0.375 e. The highest BCUT2D eigenvalue weighted by molar-refractivity contribution is 7.07. The fourth-order valence-electron chi connectivity index (χ4n) is 3.60. The maximum absolute atomic E-state index is 6.15. The van der Waals surface area contributed by atoms with E-state index in [2.05, 4.69) is 22.1 Å². The van der Waals surface area contributed by atoms with Crippen LogP contribution in [0.4, 0.5) is 0 Å². The van der Waals surface area contributed by atoms with E-state index < -0.39 is 0 Å². The van der Waals surface area contributed by atoms with Crippen LogP contribution < -0.4 is 5.32 Å². The van der Waals surface area contributed by atoms with Gasteiger partial charge in [-0.15, -0.1) is 0 Å². The molecule has 1 aromatic rings. The zero-order valence-electron chi connectivity index (χ0n) is 11.7. The average Bonchev–Trinajstić information content (AvgIpc) is 2.93. The lowest BCUT2D eigenvalue weighted by atomic mass is 9.78. The van der Waals surface area contributed by atoms with Gasteiger partial charge < -0.3 is 10.1 Å². The number of nitrogens with one attached hydrogen (secondary N) is 1. The van der Waals surface area contributed by atoms with Crippen molar-refractivity contribution in [2.45, 2.75) is 63.0 Å². The van der Waals surface area contributed by atoms with Crippen LogP contribution in [0.15, 0.2) is 16.8 Å². The van der Waals surface area contributed by atoms with Crippen molar-refractivity contribution in [3.05, 3.63) is 22.4 Å². The Morgan fingerprint density at radius 2 is 2.21 bits per heavy atom. The topological polar surface area (TPSA) is 21.3 Å². The number of thiophene rings is 1. The lowest BCUT2D eigenvalue weighted by Crippen LogP contribution is -2.48. The summed E-state index contributed by atoms with van der Waals surface area (Å²) in [6, 6.07) is 2.91. The van der Waals surface area contributed by atoms with Gasteiger partial charge in [0.1, 0.15) is 0 Å². The van der Waals surface area contributed by atoms with Crippen LogP contribution in [0.2, 0.25) is 0 Å². The highest BCUT2D eigenvalue weighted by atomic mass is 32.1. The van der Waals surface area contributed by atoms with Crippen molar-refractivity contribution in [2.24, 2.45) is 0 Å². The Bertz CT molecular complexity index is 365. The minimum atomic E-state index is 0.233. The van der Waals surface area contributed by atoms with Gasteiger partial charge in [0.2, 0.25) is 0 Å². The van der Waals surface area contributed by atoms with Crippen molar-refractivity contribution >= 4 is 11.3 Å². The van der Waals surface area contributed by atoms with Gasteiger partial charge in [-0.25, -0.2) is 0 Å². The first-order valence-corrected chi connectivity index (χ1v) is 8.69. The van der Waals surface area contributed by atoms with Crippen molar-refractivity contribution in [3.8, 4) is 0 Å². The third-order valence-corrected chi connectivity index (χ3v) is 5.42. The second-order valence-corrected chi connectivity index (χ2v) is 6.90. The predicted molar refractivity (Wildman–Crippen MR) is 80.8 cm³/mol. The summed E-state index contributed by atoms with van der Waals surface area (Å²) in [5, 5.41) is 8.18. The molecule has 1 atom stereocenters. The zero-order chi connectivity index (χ0) is 13.0. The van der Waals surface area contributed by atoms with Gasteiger partial charge in [-0.3, -0.25) is 0 Å². The second-order valence-electron chi connectivity index (χ2n) is 6.12. The van der Waals surface area contributed by atoms with Gasteiger partial charge in [0, 0.05) is 12.6 Å². The van der Waals surface area contributed by atoms with E-state index in [1.165, 1.54) is 50.5 Å². The minimum Gasteiger partial charge on any atom is -0.375 e.